The highest BCUT2D eigenvalue weighted by Gasteiger charge is 2.03. The molecular weight excluding hydrogens is 276 g/mol. The van der Waals surface area contributed by atoms with E-state index in [1.807, 2.05) is 48.6 Å². The average molecular weight is 292 g/mol. The first-order chi connectivity index (χ1) is 10.6. The zero-order valence-electron chi connectivity index (χ0n) is 12.5. The van der Waals surface area contributed by atoms with Gasteiger partial charge in [-0.15, -0.1) is 0 Å². The lowest BCUT2D eigenvalue weighted by Crippen LogP contribution is -2.22. The number of azide groups is 1. The third-order valence-electron chi connectivity index (χ3n) is 3.27. The molecule has 2 rings (SSSR count). The molecule has 0 aliphatic rings. The molecule has 0 fully saturated rings. The number of hydrogen-bond donors (Lipinski definition) is 0. The third-order valence-corrected chi connectivity index (χ3v) is 3.27. The summed E-state index contributed by atoms with van der Waals surface area (Å²) in [5.41, 5.74) is 11.9. The largest absolute Gasteiger partial charge is 0.316 e. The van der Waals surface area contributed by atoms with Gasteiger partial charge in [-0.2, -0.15) is 0 Å². The van der Waals surface area contributed by atoms with Gasteiger partial charge in [-0.1, -0.05) is 53.7 Å². The number of amides is 1. The molecule has 2 aromatic carbocycles. The number of anilines is 1. The number of rotatable bonds is 4. The van der Waals surface area contributed by atoms with Gasteiger partial charge in [0.05, 0.1) is 0 Å². The van der Waals surface area contributed by atoms with Gasteiger partial charge < -0.3 is 4.90 Å². The normalized spacial score (nSPS) is 10.3. The van der Waals surface area contributed by atoms with Crippen molar-refractivity contribution in [2.24, 2.45) is 5.11 Å². The molecule has 110 valence electrons. The molecule has 2 aromatic rings. The standard InChI is InChI=1S/C17H16N4O/c1-13(22)21(2)17-11-7-15(8-12-17)4-3-14-5-9-16(10-6-14)19-20-18/h3-12H,1-2H3/b4-3+. The molecule has 0 spiro atoms. The van der Waals surface area contributed by atoms with E-state index in [4.69, 9.17) is 5.53 Å². The second-order valence-corrected chi connectivity index (χ2v) is 4.78. The van der Waals surface area contributed by atoms with Crippen LogP contribution in [-0.4, -0.2) is 13.0 Å². The van der Waals surface area contributed by atoms with Crippen LogP contribution in [-0.2, 0) is 4.79 Å². The Labute approximate surface area is 129 Å². The molecule has 0 saturated heterocycles. The molecule has 5 nitrogen and oxygen atoms in total. The first-order valence-corrected chi connectivity index (χ1v) is 6.78. The van der Waals surface area contributed by atoms with Gasteiger partial charge in [0.1, 0.15) is 0 Å². The molecule has 22 heavy (non-hydrogen) atoms. The molecule has 0 N–H and O–H groups in total. The highest BCUT2D eigenvalue weighted by atomic mass is 16.2. The fourth-order valence-corrected chi connectivity index (χ4v) is 1.89. The van der Waals surface area contributed by atoms with E-state index in [1.54, 1.807) is 24.1 Å². The summed E-state index contributed by atoms with van der Waals surface area (Å²) in [5, 5.41) is 3.53. The number of hydrogen-bond acceptors (Lipinski definition) is 2. The van der Waals surface area contributed by atoms with Crippen molar-refractivity contribution in [2.45, 2.75) is 6.92 Å². The average Bonchev–Trinajstić information content (AvgIpc) is 2.54. The van der Waals surface area contributed by atoms with Crippen LogP contribution in [0.1, 0.15) is 18.1 Å². The molecular formula is C17H16N4O. The van der Waals surface area contributed by atoms with Crippen molar-refractivity contribution in [2.75, 3.05) is 11.9 Å². The summed E-state index contributed by atoms with van der Waals surface area (Å²) < 4.78 is 0. The van der Waals surface area contributed by atoms with E-state index < -0.39 is 0 Å². The van der Waals surface area contributed by atoms with Crippen LogP contribution in [0.3, 0.4) is 0 Å². The van der Waals surface area contributed by atoms with Crippen LogP contribution in [0.25, 0.3) is 22.6 Å². The van der Waals surface area contributed by atoms with Crippen molar-refractivity contribution >= 4 is 29.4 Å². The van der Waals surface area contributed by atoms with Crippen LogP contribution in [0.4, 0.5) is 11.4 Å². The molecule has 0 radical (unpaired) electrons. The van der Waals surface area contributed by atoms with E-state index in [-0.39, 0.29) is 5.91 Å². The molecule has 0 aliphatic heterocycles. The maximum Gasteiger partial charge on any atom is 0.223 e. The first kappa shape index (κ1) is 15.4. The Kier molecular flexibility index (Phi) is 4.96. The van der Waals surface area contributed by atoms with Crippen LogP contribution in [0.5, 0.6) is 0 Å². The Morgan fingerprint density at radius 2 is 1.55 bits per heavy atom. The predicted octanol–water partition coefficient (Wildman–Crippen LogP) is 4.78. The predicted molar refractivity (Wildman–Crippen MR) is 89.7 cm³/mol. The van der Waals surface area contributed by atoms with Crippen molar-refractivity contribution in [3.63, 3.8) is 0 Å². The quantitative estimate of drug-likeness (QED) is 0.346. The third kappa shape index (κ3) is 3.98. The van der Waals surface area contributed by atoms with Gasteiger partial charge in [0.15, 0.2) is 0 Å². The minimum absolute atomic E-state index is 0.00316. The van der Waals surface area contributed by atoms with Gasteiger partial charge in [-0.3, -0.25) is 4.79 Å². The van der Waals surface area contributed by atoms with Crippen LogP contribution in [0.15, 0.2) is 53.6 Å². The van der Waals surface area contributed by atoms with E-state index >= 15 is 0 Å². The maximum atomic E-state index is 11.3. The minimum Gasteiger partial charge on any atom is -0.316 e. The lowest BCUT2D eigenvalue weighted by atomic mass is 10.1. The Balaban J connectivity index is 2.09. The molecule has 0 aliphatic carbocycles. The molecule has 0 bridgehead atoms. The SMILES string of the molecule is CC(=O)N(C)c1ccc(/C=C/c2ccc(N=[N+]=[N-])cc2)cc1. The lowest BCUT2D eigenvalue weighted by Gasteiger charge is -2.14. The Morgan fingerprint density at radius 1 is 1.05 bits per heavy atom. The molecule has 0 aromatic heterocycles. The molecule has 5 heteroatoms. The van der Waals surface area contributed by atoms with E-state index in [1.165, 1.54) is 6.92 Å². The lowest BCUT2D eigenvalue weighted by molar-refractivity contribution is -0.116. The zero-order valence-corrected chi connectivity index (χ0v) is 12.5. The number of nitrogens with zero attached hydrogens (tertiary/aromatic N) is 4. The number of benzene rings is 2. The molecule has 0 atom stereocenters. The topological polar surface area (TPSA) is 69.1 Å². The summed E-state index contributed by atoms with van der Waals surface area (Å²) in [4.78, 5) is 15.6. The summed E-state index contributed by atoms with van der Waals surface area (Å²) in [6.07, 6.45) is 3.96. The highest BCUT2D eigenvalue weighted by molar-refractivity contribution is 5.91. The maximum absolute atomic E-state index is 11.3. The van der Waals surface area contributed by atoms with E-state index in [9.17, 15) is 4.79 Å². The van der Waals surface area contributed by atoms with Gasteiger partial charge in [0.25, 0.3) is 0 Å². The Morgan fingerprint density at radius 3 is 2.00 bits per heavy atom. The van der Waals surface area contributed by atoms with Crippen LogP contribution >= 0.6 is 0 Å². The van der Waals surface area contributed by atoms with Gasteiger partial charge in [-0.05, 0) is 28.8 Å². The van der Waals surface area contributed by atoms with E-state index in [0.29, 0.717) is 5.69 Å². The monoisotopic (exact) mass is 292 g/mol. The first-order valence-electron chi connectivity index (χ1n) is 6.78. The summed E-state index contributed by atoms with van der Waals surface area (Å²) >= 11 is 0. The second kappa shape index (κ2) is 7.11. The molecule has 1 amide bonds. The minimum atomic E-state index is 0.00316. The Hall–Kier alpha value is -3.04. The molecule has 0 heterocycles. The summed E-state index contributed by atoms with van der Waals surface area (Å²) in [6.45, 7) is 1.54. The molecule has 0 unspecified atom stereocenters. The summed E-state index contributed by atoms with van der Waals surface area (Å²) in [5.74, 6) is 0.00316. The van der Waals surface area contributed by atoms with Gasteiger partial charge in [0, 0.05) is 30.3 Å². The number of carbonyl (C=O) groups excluding carboxylic acids is 1. The van der Waals surface area contributed by atoms with Gasteiger partial charge >= 0.3 is 0 Å². The second-order valence-electron chi connectivity index (χ2n) is 4.78. The summed E-state index contributed by atoms with van der Waals surface area (Å²) in [7, 11) is 1.75. The van der Waals surface area contributed by atoms with E-state index in [0.717, 1.165) is 16.8 Å². The summed E-state index contributed by atoms with van der Waals surface area (Å²) in [6, 6.07) is 15.0. The van der Waals surface area contributed by atoms with Crippen molar-refractivity contribution < 1.29 is 4.79 Å². The fraction of sp³-hybridized carbons (Fsp3) is 0.118. The van der Waals surface area contributed by atoms with Crippen LogP contribution < -0.4 is 4.90 Å². The van der Waals surface area contributed by atoms with Crippen LogP contribution in [0.2, 0.25) is 0 Å². The van der Waals surface area contributed by atoms with Crippen molar-refractivity contribution in [3.05, 3.63) is 70.1 Å². The molecule has 0 saturated carbocycles. The van der Waals surface area contributed by atoms with Crippen molar-refractivity contribution in [3.8, 4) is 0 Å². The smallest absolute Gasteiger partial charge is 0.223 e. The highest BCUT2D eigenvalue weighted by Crippen LogP contribution is 2.17. The van der Waals surface area contributed by atoms with Gasteiger partial charge in [-0.25, -0.2) is 0 Å². The number of carbonyl (C=O) groups is 1. The van der Waals surface area contributed by atoms with Crippen molar-refractivity contribution in [1.29, 1.82) is 0 Å². The fourth-order valence-electron chi connectivity index (χ4n) is 1.89. The van der Waals surface area contributed by atoms with E-state index in [2.05, 4.69) is 10.0 Å². The zero-order chi connectivity index (χ0) is 15.9. The van der Waals surface area contributed by atoms with Crippen LogP contribution in [0, 0.1) is 0 Å². The Bertz CT molecular complexity index is 726. The van der Waals surface area contributed by atoms with Crippen molar-refractivity contribution in [1.82, 2.24) is 0 Å². The van der Waals surface area contributed by atoms with Gasteiger partial charge in [0.2, 0.25) is 5.91 Å².